The molecule has 0 radical (unpaired) electrons. The monoisotopic (exact) mass is 704 g/mol. The van der Waals surface area contributed by atoms with Gasteiger partial charge in [-0.05, 0) is 75.4 Å². The smallest absolute Gasteiger partial charge is 0.338 e. The lowest BCUT2D eigenvalue weighted by molar-refractivity contribution is -0.116. The Morgan fingerprint density at radius 3 is 1.33 bits per heavy atom. The minimum absolute atomic E-state index is 0.00491. The topological polar surface area (TPSA) is 219 Å². The molecule has 0 aliphatic rings. The zero-order valence-electron chi connectivity index (χ0n) is 28.8. The number of hydrogen-bond acceptors (Lipinski definition) is 10. The second-order valence-corrected chi connectivity index (χ2v) is 10.6. The number of anilines is 4. The van der Waals surface area contributed by atoms with Crippen molar-refractivity contribution in [2.24, 2.45) is 0 Å². The number of esters is 1. The summed E-state index contributed by atoms with van der Waals surface area (Å²) in [5.41, 5.74) is 1.09. The Morgan fingerprint density at radius 2 is 0.961 bits per heavy atom. The number of amides is 6. The molecule has 270 valence electrons. The molecule has 0 unspecified atom stereocenters. The van der Waals surface area contributed by atoms with Crippen molar-refractivity contribution in [2.75, 3.05) is 54.2 Å². The molecule has 51 heavy (non-hydrogen) atoms. The summed E-state index contributed by atoms with van der Waals surface area (Å²) in [6.07, 6.45) is 0. The highest BCUT2D eigenvalue weighted by Gasteiger charge is 2.19. The molecular formula is C35H40N6O10. The van der Waals surface area contributed by atoms with E-state index in [1.54, 1.807) is 32.9 Å². The van der Waals surface area contributed by atoms with E-state index in [4.69, 9.17) is 14.2 Å². The molecule has 0 saturated heterocycles. The zero-order valence-corrected chi connectivity index (χ0v) is 28.8. The van der Waals surface area contributed by atoms with E-state index >= 15 is 0 Å². The standard InChI is InChI=1S/C35H40N6O10/c1-6-49-29-11-9-23(38-20(4)42)16-27(29)33(46)36-18-31(44)40-25-13-22(35(48)51-8-3)14-26(15-25)41-32(45)19-37-34(47)28-17-24(39-21(5)43)10-12-30(28)50-7-2/h9-17H,6-8,18-19H2,1-5H3,(H,36,46)(H,37,47)(H,38,42)(H,39,43)(H,40,44)(H,41,45). The van der Waals surface area contributed by atoms with Gasteiger partial charge in [0.2, 0.25) is 23.6 Å². The molecule has 0 spiro atoms. The Hall–Kier alpha value is -6.45. The molecule has 0 aliphatic carbocycles. The zero-order chi connectivity index (χ0) is 37.5. The van der Waals surface area contributed by atoms with Crippen LogP contribution in [0.4, 0.5) is 22.7 Å². The number of benzene rings is 3. The highest BCUT2D eigenvalue weighted by atomic mass is 16.5. The number of carbonyl (C=O) groups is 7. The fraction of sp³-hybridized carbons (Fsp3) is 0.286. The Kier molecular flexibility index (Phi) is 14.5. The summed E-state index contributed by atoms with van der Waals surface area (Å²) < 4.78 is 16.1. The average Bonchev–Trinajstić information content (AvgIpc) is 3.07. The Bertz CT molecular complexity index is 1690. The molecule has 3 aromatic rings. The van der Waals surface area contributed by atoms with E-state index in [2.05, 4.69) is 31.9 Å². The van der Waals surface area contributed by atoms with Crippen LogP contribution >= 0.6 is 0 Å². The largest absolute Gasteiger partial charge is 0.493 e. The van der Waals surface area contributed by atoms with Crippen LogP contribution in [-0.4, -0.2) is 74.3 Å². The maximum absolute atomic E-state index is 13.0. The highest BCUT2D eigenvalue weighted by molar-refractivity contribution is 6.05. The summed E-state index contributed by atoms with van der Waals surface area (Å²) in [5, 5.41) is 15.3. The highest BCUT2D eigenvalue weighted by Crippen LogP contribution is 2.25. The maximum atomic E-state index is 13.0. The summed E-state index contributed by atoms with van der Waals surface area (Å²) in [7, 11) is 0. The predicted octanol–water partition coefficient (Wildman–Crippen LogP) is 3.31. The van der Waals surface area contributed by atoms with Crippen molar-refractivity contribution in [3.8, 4) is 11.5 Å². The lowest BCUT2D eigenvalue weighted by atomic mass is 10.1. The molecule has 3 rings (SSSR count). The van der Waals surface area contributed by atoms with E-state index in [0.717, 1.165) is 0 Å². The van der Waals surface area contributed by atoms with Crippen molar-refractivity contribution in [1.29, 1.82) is 0 Å². The molecule has 0 fully saturated rings. The van der Waals surface area contributed by atoms with E-state index in [1.165, 1.54) is 56.3 Å². The van der Waals surface area contributed by atoms with Crippen molar-refractivity contribution in [3.63, 3.8) is 0 Å². The number of nitrogens with one attached hydrogen (secondary N) is 6. The molecular weight excluding hydrogens is 664 g/mol. The predicted molar refractivity (Wildman–Crippen MR) is 188 cm³/mol. The SMILES string of the molecule is CCOC(=O)c1cc(NC(=O)CNC(=O)c2cc(NC(C)=O)ccc2OCC)cc(NC(=O)CNC(=O)c2cc(NC(C)=O)ccc2OCC)c1. The number of rotatable bonds is 16. The van der Waals surface area contributed by atoms with Crippen molar-refractivity contribution in [1.82, 2.24) is 10.6 Å². The van der Waals surface area contributed by atoms with Gasteiger partial charge in [-0.3, -0.25) is 28.8 Å². The third-order valence-corrected chi connectivity index (χ3v) is 6.52. The van der Waals surface area contributed by atoms with Gasteiger partial charge in [-0.25, -0.2) is 4.79 Å². The van der Waals surface area contributed by atoms with Crippen LogP contribution in [0.25, 0.3) is 0 Å². The lowest BCUT2D eigenvalue weighted by Gasteiger charge is -2.14. The third kappa shape index (κ3) is 12.2. The summed E-state index contributed by atoms with van der Waals surface area (Å²) in [6, 6.07) is 13.1. The van der Waals surface area contributed by atoms with E-state index in [0.29, 0.717) is 11.4 Å². The molecule has 3 aromatic carbocycles. The molecule has 6 N–H and O–H groups in total. The Labute approximate surface area is 294 Å². The minimum atomic E-state index is -0.726. The van der Waals surface area contributed by atoms with E-state index in [-0.39, 0.29) is 71.2 Å². The summed E-state index contributed by atoms with van der Waals surface area (Å²) in [6.45, 7) is 7.36. The van der Waals surface area contributed by atoms with Crippen LogP contribution in [0, 0.1) is 0 Å². The van der Waals surface area contributed by atoms with Crippen LogP contribution in [0.2, 0.25) is 0 Å². The van der Waals surface area contributed by atoms with Gasteiger partial charge in [0.15, 0.2) is 0 Å². The van der Waals surface area contributed by atoms with Crippen LogP contribution in [0.3, 0.4) is 0 Å². The first-order valence-corrected chi connectivity index (χ1v) is 15.9. The summed E-state index contributed by atoms with van der Waals surface area (Å²) in [5.74, 6) is -3.54. The fourth-order valence-corrected chi connectivity index (χ4v) is 4.57. The number of carbonyl (C=O) groups excluding carboxylic acids is 7. The van der Waals surface area contributed by atoms with Gasteiger partial charge in [-0.1, -0.05) is 0 Å². The van der Waals surface area contributed by atoms with Crippen LogP contribution < -0.4 is 41.4 Å². The molecule has 16 nitrogen and oxygen atoms in total. The molecule has 0 heterocycles. The average molecular weight is 705 g/mol. The number of ether oxygens (including phenoxy) is 3. The summed E-state index contributed by atoms with van der Waals surface area (Å²) in [4.78, 5) is 87.3. The third-order valence-electron chi connectivity index (χ3n) is 6.52. The fourth-order valence-electron chi connectivity index (χ4n) is 4.57. The Morgan fingerprint density at radius 1 is 0.529 bits per heavy atom. The van der Waals surface area contributed by atoms with Gasteiger partial charge in [0, 0.05) is 36.6 Å². The number of hydrogen-bond donors (Lipinski definition) is 6. The van der Waals surface area contributed by atoms with E-state index < -0.39 is 42.7 Å². The van der Waals surface area contributed by atoms with Gasteiger partial charge < -0.3 is 46.1 Å². The van der Waals surface area contributed by atoms with Crippen LogP contribution in [0.15, 0.2) is 54.6 Å². The van der Waals surface area contributed by atoms with Gasteiger partial charge >= 0.3 is 5.97 Å². The second-order valence-electron chi connectivity index (χ2n) is 10.6. The molecule has 0 aliphatic heterocycles. The quantitative estimate of drug-likeness (QED) is 0.120. The van der Waals surface area contributed by atoms with Crippen LogP contribution in [0.5, 0.6) is 11.5 Å². The van der Waals surface area contributed by atoms with E-state index in [1.807, 2.05) is 0 Å². The molecule has 0 saturated carbocycles. The second kappa shape index (κ2) is 18.9. The van der Waals surface area contributed by atoms with Gasteiger partial charge in [0.1, 0.15) is 11.5 Å². The first kappa shape index (κ1) is 39.0. The molecule has 16 heteroatoms. The molecule has 0 atom stereocenters. The minimum Gasteiger partial charge on any atom is -0.493 e. The van der Waals surface area contributed by atoms with Crippen molar-refractivity contribution in [2.45, 2.75) is 34.6 Å². The van der Waals surface area contributed by atoms with E-state index in [9.17, 15) is 33.6 Å². The van der Waals surface area contributed by atoms with Crippen molar-refractivity contribution >= 4 is 64.2 Å². The normalized spacial score (nSPS) is 10.2. The lowest BCUT2D eigenvalue weighted by Crippen LogP contribution is -2.33. The first-order chi connectivity index (χ1) is 24.3. The Balaban J connectivity index is 1.72. The van der Waals surface area contributed by atoms with Crippen LogP contribution in [-0.2, 0) is 23.9 Å². The van der Waals surface area contributed by atoms with Gasteiger partial charge in [-0.2, -0.15) is 0 Å². The van der Waals surface area contributed by atoms with Crippen molar-refractivity contribution in [3.05, 3.63) is 71.3 Å². The maximum Gasteiger partial charge on any atom is 0.338 e. The van der Waals surface area contributed by atoms with Gasteiger partial charge in [-0.15, -0.1) is 0 Å². The summed E-state index contributed by atoms with van der Waals surface area (Å²) >= 11 is 0. The van der Waals surface area contributed by atoms with Gasteiger partial charge in [0.05, 0.1) is 49.6 Å². The van der Waals surface area contributed by atoms with Crippen molar-refractivity contribution < 1.29 is 47.8 Å². The molecule has 0 aromatic heterocycles. The molecule has 6 amide bonds. The molecule has 0 bridgehead atoms. The first-order valence-electron chi connectivity index (χ1n) is 15.9. The van der Waals surface area contributed by atoms with Crippen LogP contribution in [0.1, 0.15) is 65.7 Å². The van der Waals surface area contributed by atoms with Gasteiger partial charge in [0.25, 0.3) is 11.8 Å².